The maximum Gasteiger partial charge on any atom is 0.267 e. The van der Waals surface area contributed by atoms with E-state index in [1.807, 2.05) is 61.5 Å². The summed E-state index contributed by atoms with van der Waals surface area (Å²) < 4.78 is 6.68. The molecule has 1 unspecified atom stereocenters. The Balaban J connectivity index is 1.88. The number of amides is 1. The molecular weight excluding hydrogens is 354 g/mol. The third kappa shape index (κ3) is 4.11. The number of hydrogen-bond donors (Lipinski definition) is 0. The van der Waals surface area contributed by atoms with Gasteiger partial charge in [-0.2, -0.15) is 5.10 Å². The van der Waals surface area contributed by atoms with E-state index in [1.165, 1.54) is 15.6 Å². The highest BCUT2D eigenvalue weighted by molar-refractivity contribution is 5.95. The highest BCUT2D eigenvalue weighted by Crippen LogP contribution is 2.21. The summed E-state index contributed by atoms with van der Waals surface area (Å²) >= 11 is 0. The second kappa shape index (κ2) is 8.52. The predicted octanol–water partition coefficient (Wildman–Crippen LogP) is 3.53. The Morgan fingerprint density at radius 2 is 1.75 bits per heavy atom. The van der Waals surface area contributed by atoms with Crippen LogP contribution in [-0.4, -0.2) is 29.3 Å². The minimum Gasteiger partial charge on any atom is -0.494 e. The Kier molecular flexibility index (Phi) is 5.89. The minimum absolute atomic E-state index is 0.218. The Morgan fingerprint density at radius 1 is 1.07 bits per heavy atom. The molecule has 1 aromatic heterocycles. The number of benzene rings is 2. The van der Waals surface area contributed by atoms with Crippen LogP contribution in [0.3, 0.4) is 0 Å². The zero-order chi connectivity index (χ0) is 20.1. The summed E-state index contributed by atoms with van der Waals surface area (Å²) in [5.74, 6) is 0.553. The lowest BCUT2D eigenvalue weighted by Gasteiger charge is -2.22. The Bertz CT molecular complexity index is 998. The molecule has 1 atom stereocenters. The fourth-order valence-corrected chi connectivity index (χ4v) is 2.91. The van der Waals surface area contributed by atoms with Crippen molar-refractivity contribution in [2.24, 2.45) is 0 Å². The van der Waals surface area contributed by atoms with Crippen molar-refractivity contribution in [3.63, 3.8) is 0 Å². The van der Waals surface area contributed by atoms with Crippen LogP contribution in [-0.2, 0) is 4.79 Å². The molecule has 0 saturated carbocycles. The van der Waals surface area contributed by atoms with Crippen LogP contribution in [0.4, 0.5) is 5.69 Å². The fourth-order valence-electron chi connectivity index (χ4n) is 2.91. The molecule has 0 aliphatic heterocycles. The van der Waals surface area contributed by atoms with Crippen LogP contribution >= 0.6 is 0 Å². The SMILES string of the molecule is CCOc1ccc(-c2ccc(=O)n(C(C)C(=O)N(C)c3ccccc3)n2)cc1. The topological polar surface area (TPSA) is 64.4 Å². The third-order valence-corrected chi connectivity index (χ3v) is 4.48. The summed E-state index contributed by atoms with van der Waals surface area (Å²) in [6, 6.07) is 19.1. The second-order valence-corrected chi connectivity index (χ2v) is 6.37. The van der Waals surface area contributed by atoms with E-state index in [1.54, 1.807) is 20.0 Å². The van der Waals surface area contributed by atoms with E-state index in [-0.39, 0.29) is 11.5 Å². The van der Waals surface area contributed by atoms with Crippen LogP contribution in [0.25, 0.3) is 11.3 Å². The third-order valence-electron chi connectivity index (χ3n) is 4.48. The van der Waals surface area contributed by atoms with E-state index in [0.29, 0.717) is 12.3 Å². The molecule has 0 N–H and O–H groups in total. The van der Waals surface area contributed by atoms with Crippen LogP contribution in [0, 0.1) is 0 Å². The molecule has 28 heavy (non-hydrogen) atoms. The molecule has 144 valence electrons. The average Bonchev–Trinajstić information content (AvgIpc) is 2.74. The number of rotatable bonds is 6. The van der Waals surface area contributed by atoms with Gasteiger partial charge in [0, 0.05) is 24.4 Å². The van der Waals surface area contributed by atoms with E-state index < -0.39 is 6.04 Å². The van der Waals surface area contributed by atoms with Gasteiger partial charge in [0.05, 0.1) is 12.3 Å². The van der Waals surface area contributed by atoms with Crippen LogP contribution in [0.5, 0.6) is 5.75 Å². The first kappa shape index (κ1) is 19.4. The van der Waals surface area contributed by atoms with Gasteiger partial charge in [0.15, 0.2) is 0 Å². The van der Waals surface area contributed by atoms with Gasteiger partial charge in [-0.15, -0.1) is 0 Å². The minimum atomic E-state index is -0.736. The Morgan fingerprint density at radius 3 is 2.39 bits per heavy atom. The second-order valence-electron chi connectivity index (χ2n) is 6.37. The first-order chi connectivity index (χ1) is 13.5. The van der Waals surface area contributed by atoms with Crippen molar-refractivity contribution in [3.8, 4) is 17.0 Å². The number of ether oxygens (including phenoxy) is 1. The summed E-state index contributed by atoms with van der Waals surface area (Å²) in [4.78, 5) is 26.8. The van der Waals surface area contributed by atoms with E-state index in [2.05, 4.69) is 5.10 Å². The van der Waals surface area contributed by atoms with Crippen LogP contribution in [0.2, 0.25) is 0 Å². The molecule has 0 spiro atoms. The zero-order valence-corrected chi connectivity index (χ0v) is 16.2. The van der Waals surface area contributed by atoms with Crippen molar-refractivity contribution in [3.05, 3.63) is 77.1 Å². The summed E-state index contributed by atoms with van der Waals surface area (Å²) in [6.45, 7) is 4.20. The lowest BCUT2D eigenvalue weighted by molar-refractivity contribution is -0.121. The molecule has 1 heterocycles. The fraction of sp³-hybridized carbons (Fsp3) is 0.227. The lowest BCUT2D eigenvalue weighted by atomic mass is 10.1. The predicted molar refractivity (Wildman–Crippen MR) is 110 cm³/mol. The van der Waals surface area contributed by atoms with Crippen LogP contribution < -0.4 is 15.2 Å². The highest BCUT2D eigenvalue weighted by atomic mass is 16.5. The number of anilines is 1. The van der Waals surface area contributed by atoms with Gasteiger partial charge >= 0.3 is 0 Å². The van der Waals surface area contributed by atoms with Crippen molar-refractivity contribution in [2.75, 3.05) is 18.6 Å². The van der Waals surface area contributed by atoms with Gasteiger partial charge in [0.25, 0.3) is 11.5 Å². The zero-order valence-electron chi connectivity index (χ0n) is 16.2. The van der Waals surface area contributed by atoms with Crippen LogP contribution in [0.1, 0.15) is 19.9 Å². The monoisotopic (exact) mass is 377 g/mol. The molecule has 0 aliphatic rings. The average molecular weight is 377 g/mol. The Labute approximate surface area is 164 Å². The van der Waals surface area contributed by atoms with E-state index in [0.717, 1.165) is 17.0 Å². The highest BCUT2D eigenvalue weighted by Gasteiger charge is 2.22. The molecule has 3 aromatic rings. The number of carbonyl (C=O) groups is 1. The molecule has 0 aliphatic carbocycles. The molecule has 0 radical (unpaired) electrons. The molecule has 3 rings (SSSR count). The van der Waals surface area contributed by atoms with Gasteiger partial charge in [-0.3, -0.25) is 9.59 Å². The van der Waals surface area contributed by atoms with E-state index in [4.69, 9.17) is 4.74 Å². The van der Waals surface area contributed by atoms with Gasteiger partial charge in [-0.1, -0.05) is 18.2 Å². The number of carbonyl (C=O) groups excluding carboxylic acids is 1. The first-order valence-corrected chi connectivity index (χ1v) is 9.17. The number of hydrogen-bond acceptors (Lipinski definition) is 4. The summed E-state index contributed by atoms with van der Waals surface area (Å²) in [5.41, 5.74) is 1.89. The summed E-state index contributed by atoms with van der Waals surface area (Å²) in [7, 11) is 1.69. The standard InChI is InChI=1S/C22H23N3O3/c1-4-28-19-12-10-17(11-13-19)20-14-15-21(26)25(23-20)16(2)22(27)24(3)18-8-6-5-7-9-18/h5-16H,4H2,1-3H3. The number of nitrogens with zero attached hydrogens (tertiary/aromatic N) is 3. The maximum absolute atomic E-state index is 12.9. The molecule has 1 amide bonds. The summed E-state index contributed by atoms with van der Waals surface area (Å²) in [5, 5.41) is 4.43. The molecule has 0 bridgehead atoms. The first-order valence-electron chi connectivity index (χ1n) is 9.17. The normalized spacial score (nSPS) is 11.7. The Hall–Kier alpha value is -3.41. The lowest BCUT2D eigenvalue weighted by Crippen LogP contribution is -2.38. The van der Waals surface area contributed by atoms with Gasteiger partial charge in [-0.25, -0.2) is 4.68 Å². The maximum atomic E-state index is 12.9. The van der Waals surface area contributed by atoms with Crippen molar-refractivity contribution in [1.82, 2.24) is 9.78 Å². The number of aromatic nitrogens is 2. The quantitative estimate of drug-likeness (QED) is 0.659. The molecule has 6 heteroatoms. The van der Waals surface area contributed by atoms with Gasteiger partial charge in [-0.05, 0) is 56.3 Å². The van der Waals surface area contributed by atoms with E-state index >= 15 is 0 Å². The largest absolute Gasteiger partial charge is 0.494 e. The molecule has 0 fully saturated rings. The number of likely N-dealkylation sites (N-methyl/N-ethyl adjacent to an activating group) is 1. The van der Waals surface area contributed by atoms with Gasteiger partial charge in [0.2, 0.25) is 0 Å². The van der Waals surface area contributed by atoms with Crippen molar-refractivity contribution in [1.29, 1.82) is 0 Å². The molecular formula is C22H23N3O3. The van der Waals surface area contributed by atoms with Crippen LogP contribution in [0.15, 0.2) is 71.5 Å². The van der Waals surface area contributed by atoms with E-state index in [9.17, 15) is 9.59 Å². The van der Waals surface area contributed by atoms with Gasteiger partial charge < -0.3 is 9.64 Å². The smallest absolute Gasteiger partial charge is 0.267 e. The van der Waals surface area contributed by atoms with Crippen molar-refractivity contribution in [2.45, 2.75) is 19.9 Å². The molecule has 0 saturated heterocycles. The molecule has 6 nitrogen and oxygen atoms in total. The number of para-hydroxylation sites is 1. The summed E-state index contributed by atoms with van der Waals surface area (Å²) in [6.07, 6.45) is 0. The van der Waals surface area contributed by atoms with Crippen molar-refractivity contribution >= 4 is 11.6 Å². The van der Waals surface area contributed by atoms with Gasteiger partial charge in [0.1, 0.15) is 11.8 Å². The molecule has 2 aromatic carbocycles. The van der Waals surface area contributed by atoms with Crippen molar-refractivity contribution < 1.29 is 9.53 Å².